The van der Waals surface area contributed by atoms with Crippen molar-refractivity contribution in [1.29, 1.82) is 0 Å². The van der Waals surface area contributed by atoms with Gasteiger partial charge in [-0.15, -0.1) is 0 Å². The third kappa shape index (κ3) is 3.08. The third-order valence-electron chi connectivity index (χ3n) is 8.37. The van der Waals surface area contributed by atoms with Gasteiger partial charge in [0.2, 0.25) is 0 Å². The van der Waals surface area contributed by atoms with E-state index in [0.29, 0.717) is 29.1 Å². The number of rotatable bonds is 3. The smallest absolute Gasteiger partial charge is 0.251 e. The van der Waals surface area contributed by atoms with Gasteiger partial charge < -0.3 is 15.2 Å². The Morgan fingerprint density at radius 1 is 1.10 bits per heavy atom. The van der Waals surface area contributed by atoms with Crippen LogP contribution in [0.1, 0.15) is 66.4 Å². The number of nitrogens with one attached hydrogen (secondary N) is 1. The lowest BCUT2D eigenvalue weighted by Gasteiger charge is -2.51. The van der Waals surface area contributed by atoms with Crippen LogP contribution < -0.4 is 10.1 Å². The molecule has 3 aliphatic rings. The van der Waals surface area contributed by atoms with Crippen LogP contribution >= 0.6 is 0 Å². The third-order valence-corrected chi connectivity index (χ3v) is 8.37. The van der Waals surface area contributed by atoms with Gasteiger partial charge in [0, 0.05) is 11.6 Å². The van der Waals surface area contributed by atoms with Gasteiger partial charge in [-0.25, -0.2) is 0 Å². The number of hydrogen-bond acceptors (Lipinski definition) is 3. The summed E-state index contributed by atoms with van der Waals surface area (Å²) in [5.41, 5.74) is 3.65. The molecule has 2 saturated carbocycles. The van der Waals surface area contributed by atoms with Gasteiger partial charge in [-0.1, -0.05) is 13.0 Å². The van der Waals surface area contributed by atoms with Crippen LogP contribution in [0.2, 0.25) is 0 Å². The van der Waals surface area contributed by atoms with Crippen molar-refractivity contribution < 1.29 is 14.6 Å². The Labute approximate surface area is 178 Å². The Bertz CT molecular complexity index is 953. The number of carbonyl (C=O) groups is 1. The van der Waals surface area contributed by atoms with Crippen LogP contribution in [0.15, 0.2) is 42.5 Å². The van der Waals surface area contributed by atoms with E-state index in [2.05, 4.69) is 18.3 Å². The van der Waals surface area contributed by atoms with Crippen LogP contribution in [-0.2, 0) is 6.42 Å². The molecule has 5 rings (SSSR count). The molecule has 158 valence electrons. The number of amides is 1. The Hall–Kier alpha value is -2.49. The van der Waals surface area contributed by atoms with Gasteiger partial charge >= 0.3 is 0 Å². The van der Waals surface area contributed by atoms with Crippen molar-refractivity contribution >= 4 is 5.91 Å². The van der Waals surface area contributed by atoms with Crippen molar-refractivity contribution in [3.05, 3.63) is 59.2 Å². The van der Waals surface area contributed by atoms with Crippen LogP contribution in [0.3, 0.4) is 0 Å². The SMILES string of the molecule is COc1ccc(C(=O)N[C@H]2CC[C@H]3[C@@H]4CCc5cc(O)ccc5[C@H]4CC[C@]23C)cc1. The second-order valence-electron chi connectivity index (χ2n) is 9.68. The molecule has 0 unspecified atom stereocenters. The standard InChI is InChI=1S/C26H31NO3/c1-26-14-13-21-20-10-6-18(28)15-17(20)5-9-22(21)23(26)11-12-24(26)27-25(29)16-3-7-19(30-2)8-4-16/h3-4,6-8,10,15,21-24,28H,5,9,11-14H2,1-2H3,(H,27,29)/t21-,22-,23+,24+,26+/m1/s1. The molecule has 2 aromatic carbocycles. The zero-order chi connectivity index (χ0) is 20.9. The molecule has 0 saturated heterocycles. The summed E-state index contributed by atoms with van der Waals surface area (Å²) in [7, 11) is 1.64. The maximum absolute atomic E-state index is 12.9. The number of ether oxygens (including phenoxy) is 1. The first-order valence-electron chi connectivity index (χ1n) is 11.3. The molecule has 30 heavy (non-hydrogen) atoms. The molecule has 4 heteroatoms. The molecular weight excluding hydrogens is 374 g/mol. The fraction of sp³-hybridized carbons (Fsp3) is 0.500. The number of carbonyl (C=O) groups excluding carboxylic acids is 1. The molecule has 0 radical (unpaired) electrons. The van der Waals surface area contributed by atoms with E-state index in [9.17, 15) is 9.90 Å². The number of phenolic OH excluding ortho intramolecular Hbond substituents is 1. The van der Waals surface area contributed by atoms with Gasteiger partial charge in [-0.05, 0) is 109 Å². The molecule has 4 nitrogen and oxygen atoms in total. The zero-order valence-corrected chi connectivity index (χ0v) is 17.9. The van der Waals surface area contributed by atoms with Gasteiger partial charge in [0.15, 0.2) is 0 Å². The summed E-state index contributed by atoms with van der Waals surface area (Å²) in [4.78, 5) is 12.9. The van der Waals surface area contributed by atoms with E-state index in [0.717, 1.165) is 25.0 Å². The molecule has 2 fully saturated rings. The Morgan fingerprint density at radius 3 is 2.67 bits per heavy atom. The normalized spacial score (nSPS) is 31.9. The minimum atomic E-state index is 0.0242. The average molecular weight is 406 g/mol. The van der Waals surface area contributed by atoms with Crippen LogP contribution in [0.25, 0.3) is 0 Å². The molecule has 0 bridgehead atoms. The van der Waals surface area contributed by atoms with Crippen LogP contribution in [0.5, 0.6) is 11.5 Å². The summed E-state index contributed by atoms with van der Waals surface area (Å²) >= 11 is 0. The number of hydrogen-bond donors (Lipinski definition) is 2. The number of benzene rings is 2. The minimum absolute atomic E-state index is 0.0242. The lowest BCUT2D eigenvalue weighted by Crippen LogP contribution is -2.50. The van der Waals surface area contributed by atoms with E-state index < -0.39 is 0 Å². The lowest BCUT2D eigenvalue weighted by atomic mass is 9.55. The van der Waals surface area contributed by atoms with Gasteiger partial charge in [-0.2, -0.15) is 0 Å². The molecule has 5 atom stereocenters. The summed E-state index contributed by atoms with van der Waals surface area (Å²) in [6.45, 7) is 2.41. The first kappa shape index (κ1) is 19.5. The van der Waals surface area contributed by atoms with Crippen molar-refractivity contribution in [2.45, 2.75) is 57.4 Å². The maximum Gasteiger partial charge on any atom is 0.251 e. The van der Waals surface area contributed by atoms with E-state index in [4.69, 9.17) is 4.74 Å². The zero-order valence-electron chi connectivity index (χ0n) is 17.9. The van der Waals surface area contributed by atoms with E-state index in [1.54, 1.807) is 7.11 Å². The van der Waals surface area contributed by atoms with Gasteiger partial charge in [0.25, 0.3) is 5.91 Å². The number of phenols is 1. The van der Waals surface area contributed by atoms with E-state index in [1.807, 2.05) is 36.4 Å². The Morgan fingerprint density at radius 2 is 1.90 bits per heavy atom. The van der Waals surface area contributed by atoms with Crippen molar-refractivity contribution in [2.75, 3.05) is 7.11 Å². The van der Waals surface area contributed by atoms with Crippen molar-refractivity contribution in [3.8, 4) is 11.5 Å². The predicted molar refractivity (Wildman–Crippen MR) is 117 cm³/mol. The summed E-state index contributed by atoms with van der Waals surface area (Å²) in [5.74, 6) is 3.11. The predicted octanol–water partition coefficient (Wildman–Crippen LogP) is 5.06. The van der Waals surface area contributed by atoms with Crippen LogP contribution in [-0.4, -0.2) is 24.2 Å². The van der Waals surface area contributed by atoms with Crippen molar-refractivity contribution in [2.24, 2.45) is 17.3 Å². The summed E-state index contributed by atoms with van der Waals surface area (Å²) in [6, 6.07) is 13.6. The molecule has 2 N–H and O–H groups in total. The second kappa shape index (κ2) is 7.33. The van der Waals surface area contributed by atoms with Crippen molar-refractivity contribution in [1.82, 2.24) is 5.32 Å². The number of aromatic hydroxyl groups is 1. The van der Waals surface area contributed by atoms with Crippen LogP contribution in [0, 0.1) is 17.3 Å². The lowest BCUT2D eigenvalue weighted by molar-refractivity contribution is 0.0394. The van der Waals surface area contributed by atoms with E-state index in [-0.39, 0.29) is 17.4 Å². The highest BCUT2D eigenvalue weighted by molar-refractivity contribution is 5.94. The fourth-order valence-corrected chi connectivity index (χ4v) is 6.79. The summed E-state index contributed by atoms with van der Waals surface area (Å²) in [6.07, 6.45) is 6.82. The van der Waals surface area contributed by atoms with Crippen molar-refractivity contribution in [3.63, 3.8) is 0 Å². The van der Waals surface area contributed by atoms with Gasteiger partial charge in [0.05, 0.1) is 7.11 Å². The van der Waals surface area contributed by atoms with Gasteiger partial charge in [0.1, 0.15) is 11.5 Å². The summed E-state index contributed by atoms with van der Waals surface area (Å²) in [5, 5.41) is 13.3. The molecule has 0 spiro atoms. The number of fused-ring (bicyclic) bond motifs is 5. The molecule has 2 aromatic rings. The Balaban J connectivity index is 1.34. The van der Waals surface area contributed by atoms with Gasteiger partial charge in [-0.3, -0.25) is 4.79 Å². The molecule has 0 aromatic heterocycles. The topological polar surface area (TPSA) is 58.6 Å². The number of methoxy groups -OCH3 is 1. The minimum Gasteiger partial charge on any atom is -0.508 e. The highest BCUT2D eigenvalue weighted by Gasteiger charge is 2.55. The fourth-order valence-electron chi connectivity index (χ4n) is 6.79. The molecule has 0 aliphatic heterocycles. The largest absolute Gasteiger partial charge is 0.508 e. The quantitative estimate of drug-likeness (QED) is 0.751. The first-order valence-corrected chi connectivity index (χ1v) is 11.3. The molecule has 0 heterocycles. The molecular formula is C26H31NO3. The highest BCUT2D eigenvalue weighted by Crippen LogP contribution is 2.61. The van der Waals surface area contributed by atoms with E-state index >= 15 is 0 Å². The second-order valence-corrected chi connectivity index (χ2v) is 9.68. The average Bonchev–Trinajstić information content (AvgIpc) is 3.09. The highest BCUT2D eigenvalue weighted by atomic mass is 16.5. The van der Waals surface area contributed by atoms with Crippen LogP contribution in [0.4, 0.5) is 0 Å². The maximum atomic E-state index is 12.9. The summed E-state index contributed by atoms with van der Waals surface area (Å²) < 4.78 is 5.21. The Kier molecular flexibility index (Phi) is 4.76. The molecule has 3 aliphatic carbocycles. The van der Waals surface area contributed by atoms with E-state index in [1.165, 1.54) is 30.4 Å². The monoisotopic (exact) mass is 405 g/mol. The molecule has 1 amide bonds. The number of aryl methyl sites for hydroxylation is 1. The first-order chi connectivity index (χ1) is 14.5.